The van der Waals surface area contributed by atoms with Crippen LogP contribution in [0.3, 0.4) is 0 Å². The number of aliphatic carboxylic acids is 1. The number of carboxylic acids is 1. The Labute approximate surface area is 89.0 Å². The maximum atomic E-state index is 11.5. The lowest BCUT2D eigenvalue weighted by Gasteiger charge is -2.30. The Hall–Kier alpha value is -1.50. The predicted molar refractivity (Wildman–Crippen MR) is 54.9 cm³/mol. The van der Waals surface area contributed by atoms with Gasteiger partial charge in [-0.25, -0.2) is 0 Å². The maximum absolute atomic E-state index is 11.5. The fraction of sp³-hybridized carbons (Fsp3) is 0.636. The average Bonchev–Trinajstić information content (AvgIpc) is 2.27. The van der Waals surface area contributed by atoms with Gasteiger partial charge in [-0.15, -0.1) is 12.3 Å². The number of terminal acetylenes is 1. The molecule has 1 amide bonds. The van der Waals surface area contributed by atoms with Gasteiger partial charge < -0.3 is 10.4 Å². The summed E-state index contributed by atoms with van der Waals surface area (Å²) >= 11 is 0. The fourth-order valence-corrected chi connectivity index (χ4v) is 2.09. The van der Waals surface area contributed by atoms with Crippen LogP contribution in [0, 0.1) is 30.1 Å². The van der Waals surface area contributed by atoms with Crippen molar-refractivity contribution < 1.29 is 14.7 Å². The van der Waals surface area contributed by atoms with E-state index in [4.69, 9.17) is 11.5 Å². The molecule has 0 aromatic rings. The summed E-state index contributed by atoms with van der Waals surface area (Å²) in [5.41, 5.74) is 0. The highest BCUT2D eigenvalue weighted by molar-refractivity contribution is 5.84. The predicted octanol–water partition coefficient (Wildman–Crippen LogP) is 0.483. The lowest BCUT2D eigenvalue weighted by atomic mass is 9.74. The molecule has 3 unspecified atom stereocenters. The summed E-state index contributed by atoms with van der Waals surface area (Å²) in [6.07, 6.45) is 6.98. The second kappa shape index (κ2) is 4.83. The van der Waals surface area contributed by atoms with Gasteiger partial charge in [-0.05, 0) is 19.3 Å². The highest BCUT2D eigenvalue weighted by Gasteiger charge is 2.38. The van der Waals surface area contributed by atoms with Crippen molar-refractivity contribution in [3.63, 3.8) is 0 Å². The quantitative estimate of drug-likeness (QED) is 0.650. The first kappa shape index (κ1) is 11.6. The van der Waals surface area contributed by atoms with Crippen LogP contribution in [0.1, 0.15) is 19.3 Å². The summed E-state index contributed by atoms with van der Waals surface area (Å²) in [5, 5.41) is 11.5. The summed E-state index contributed by atoms with van der Waals surface area (Å²) in [7, 11) is 1.52. The van der Waals surface area contributed by atoms with Crippen LogP contribution < -0.4 is 5.32 Å². The maximum Gasteiger partial charge on any atom is 0.307 e. The van der Waals surface area contributed by atoms with Gasteiger partial charge >= 0.3 is 5.97 Å². The molecule has 1 fully saturated rings. The van der Waals surface area contributed by atoms with E-state index in [1.807, 2.05) is 0 Å². The van der Waals surface area contributed by atoms with E-state index in [1.165, 1.54) is 7.05 Å². The lowest BCUT2D eigenvalue weighted by molar-refractivity contribution is -0.149. The van der Waals surface area contributed by atoms with E-state index in [0.29, 0.717) is 12.8 Å². The highest BCUT2D eigenvalue weighted by Crippen LogP contribution is 2.33. The van der Waals surface area contributed by atoms with Crippen molar-refractivity contribution in [3.8, 4) is 12.3 Å². The van der Waals surface area contributed by atoms with E-state index in [1.54, 1.807) is 0 Å². The van der Waals surface area contributed by atoms with Crippen molar-refractivity contribution in [2.45, 2.75) is 19.3 Å². The van der Waals surface area contributed by atoms with Gasteiger partial charge in [0.2, 0.25) is 5.91 Å². The van der Waals surface area contributed by atoms with Crippen molar-refractivity contribution in [1.82, 2.24) is 5.32 Å². The summed E-state index contributed by atoms with van der Waals surface area (Å²) in [5.74, 6) is 0.368. The molecule has 4 heteroatoms. The number of hydrogen-bond acceptors (Lipinski definition) is 2. The van der Waals surface area contributed by atoms with Crippen LogP contribution in [0.15, 0.2) is 0 Å². The minimum Gasteiger partial charge on any atom is -0.481 e. The Bertz CT molecular complexity index is 305. The molecule has 4 nitrogen and oxygen atoms in total. The van der Waals surface area contributed by atoms with Gasteiger partial charge in [0.25, 0.3) is 0 Å². The minimum absolute atomic E-state index is 0.00740. The Kier molecular flexibility index (Phi) is 3.73. The van der Waals surface area contributed by atoms with E-state index in [9.17, 15) is 9.59 Å². The normalized spacial score (nSPS) is 30.3. The van der Waals surface area contributed by atoms with Gasteiger partial charge in [0.05, 0.1) is 11.8 Å². The molecule has 0 aromatic carbocycles. The van der Waals surface area contributed by atoms with Crippen LogP contribution in [-0.4, -0.2) is 24.0 Å². The molecule has 3 atom stereocenters. The van der Waals surface area contributed by atoms with Gasteiger partial charge in [-0.3, -0.25) is 9.59 Å². The van der Waals surface area contributed by atoms with E-state index in [0.717, 1.165) is 6.42 Å². The smallest absolute Gasteiger partial charge is 0.307 e. The number of nitrogens with one attached hydrogen (secondary N) is 1. The van der Waals surface area contributed by atoms with Crippen LogP contribution in [0.2, 0.25) is 0 Å². The minimum atomic E-state index is -0.927. The third kappa shape index (κ3) is 2.50. The van der Waals surface area contributed by atoms with Crippen LogP contribution in [0.4, 0.5) is 0 Å². The van der Waals surface area contributed by atoms with E-state index < -0.39 is 17.8 Å². The largest absolute Gasteiger partial charge is 0.481 e. The molecule has 0 radical (unpaired) electrons. The molecule has 0 spiro atoms. The van der Waals surface area contributed by atoms with Crippen LogP contribution in [-0.2, 0) is 9.59 Å². The molecule has 1 saturated carbocycles. The molecule has 1 rings (SSSR count). The Morgan fingerprint density at radius 3 is 2.53 bits per heavy atom. The van der Waals surface area contributed by atoms with Crippen LogP contribution in [0.5, 0.6) is 0 Å². The summed E-state index contributed by atoms with van der Waals surface area (Å²) in [6, 6.07) is 0. The van der Waals surface area contributed by atoms with Crippen molar-refractivity contribution in [1.29, 1.82) is 0 Å². The number of hydrogen-bond donors (Lipinski definition) is 2. The number of carbonyl (C=O) groups excluding carboxylic acids is 1. The standard InChI is InChI=1S/C11H15NO3/c1-3-7-4-5-8(10(13)12-2)9(6-7)11(14)15/h1,7-9H,4-6H2,2H3,(H,12,13)(H,14,15). The average molecular weight is 209 g/mol. The fourth-order valence-electron chi connectivity index (χ4n) is 2.09. The second-order valence-corrected chi connectivity index (χ2v) is 3.84. The SMILES string of the molecule is C#CC1CCC(C(=O)NC)C(C(=O)O)C1. The van der Waals surface area contributed by atoms with Gasteiger partial charge in [0.15, 0.2) is 0 Å². The molecule has 0 aromatic heterocycles. The first-order chi connectivity index (χ1) is 7.10. The summed E-state index contributed by atoms with van der Waals surface area (Å²) < 4.78 is 0. The molecule has 82 valence electrons. The highest BCUT2D eigenvalue weighted by atomic mass is 16.4. The van der Waals surface area contributed by atoms with Crippen LogP contribution in [0.25, 0.3) is 0 Å². The molecule has 0 bridgehead atoms. The third-order valence-electron chi connectivity index (χ3n) is 2.99. The first-order valence-electron chi connectivity index (χ1n) is 5.00. The van der Waals surface area contributed by atoms with Gasteiger partial charge in [0.1, 0.15) is 0 Å². The molecular weight excluding hydrogens is 194 g/mol. The van der Waals surface area contributed by atoms with Crippen molar-refractivity contribution in [3.05, 3.63) is 0 Å². The summed E-state index contributed by atoms with van der Waals surface area (Å²) in [6.45, 7) is 0. The molecule has 0 heterocycles. The molecule has 2 N–H and O–H groups in total. The van der Waals surface area contributed by atoms with Crippen molar-refractivity contribution >= 4 is 11.9 Å². The molecule has 15 heavy (non-hydrogen) atoms. The van der Waals surface area contributed by atoms with Crippen molar-refractivity contribution in [2.24, 2.45) is 17.8 Å². The van der Waals surface area contributed by atoms with Gasteiger partial charge in [-0.1, -0.05) is 0 Å². The zero-order chi connectivity index (χ0) is 11.4. The number of carbonyl (C=O) groups is 2. The number of carboxylic acid groups (broad SMARTS) is 1. The molecule has 1 aliphatic carbocycles. The number of rotatable bonds is 2. The second-order valence-electron chi connectivity index (χ2n) is 3.84. The lowest BCUT2D eigenvalue weighted by Crippen LogP contribution is -2.40. The van der Waals surface area contributed by atoms with Gasteiger partial charge in [-0.2, -0.15) is 0 Å². The zero-order valence-corrected chi connectivity index (χ0v) is 8.69. The van der Waals surface area contributed by atoms with Gasteiger partial charge in [0, 0.05) is 13.0 Å². The first-order valence-corrected chi connectivity index (χ1v) is 5.00. The van der Waals surface area contributed by atoms with E-state index >= 15 is 0 Å². The molecule has 0 saturated heterocycles. The van der Waals surface area contributed by atoms with Crippen molar-refractivity contribution in [2.75, 3.05) is 7.05 Å². The number of amides is 1. The molecule has 1 aliphatic rings. The topological polar surface area (TPSA) is 66.4 Å². The zero-order valence-electron chi connectivity index (χ0n) is 8.69. The Morgan fingerprint density at radius 1 is 1.40 bits per heavy atom. The monoisotopic (exact) mass is 209 g/mol. The third-order valence-corrected chi connectivity index (χ3v) is 2.99. The Balaban J connectivity index is 2.77. The summed E-state index contributed by atoms with van der Waals surface area (Å²) in [4.78, 5) is 22.4. The molecular formula is C11H15NO3. The van der Waals surface area contributed by atoms with Crippen LogP contribution >= 0.6 is 0 Å². The molecule has 0 aliphatic heterocycles. The Morgan fingerprint density at radius 2 is 2.07 bits per heavy atom. The van der Waals surface area contributed by atoms with E-state index in [-0.39, 0.29) is 11.8 Å². The van der Waals surface area contributed by atoms with E-state index in [2.05, 4.69) is 11.2 Å².